The van der Waals surface area contributed by atoms with Gasteiger partial charge in [0, 0.05) is 12.6 Å². The maximum Gasteiger partial charge on any atom is 0.142 e. The highest BCUT2D eigenvalue weighted by molar-refractivity contribution is 6.30. The fourth-order valence-electron chi connectivity index (χ4n) is 1.47. The fraction of sp³-hybridized carbons (Fsp3) is 0.400. The molecule has 1 unspecified atom stereocenters. The minimum atomic E-state index is -0.413. The summed E-state index contributed by atoms with van der Waals surface area (Å²) in [6.45, 7) is 1.81. The van der Waals surface area contributed by atoms with Crippen LogP contribution in [-0.4, -0.2) is 19.2 Å². The van der Waals surface area contributed by atoms with Crippen molar-refractivity contribution in [2.45, 2.75) is 12.5 Å². The van der Waals surface area contributed by atoms with Gasteiger partial charge < -0.3 is 10.1 Å². The van der Waals surface area contributed by atoms with Crippen LogP contribution in [0.15, 0.2) is 18.2 Å². The van der Waals surface area contributed by atoms with Gasteiger partial charge in [-0.25, -0.2) is 4.39 Å². The maximum absolute atomic E-state index is 12.8. The predicted molar refractivity (Wildman–Crippen MR) is 60.6 cm³/mol. The smallest absolute Gasteiger partial charge is 0.142 e. The number of nitrogens with one attached hydrogen (secondary N) is 1. The van der Waals surface area contributed by atoms with E-state index in [9.17, 15) is 4.39 Å². The molecule has 1 saturated heterocycles. The van der Waals surface area contributed by atoms with Gasteiger partial charge in [-0.3, -0.25) is 0 Å². The molecule has 1 atom stereocenters. The van der Waals surface area contributed by atoms with E-state index in [4.69, 9.17) is 16.3 Å². The summed E-state index contributed by atoms with van der Waals surface area (Å²) in [5.74, 6) is 0.216. The van der Waals surface area contributed by atoms with Crippen molar-refractivity contribution >= 4 is 24.0 Å². The Bertz CT molecular complexity index is 329. The fourth-order valence-corrected chi connectivity index (χ4v) is 1.64. The first kappa shape index (κ1) is 12.6. The zero-order chi connectivity index (χ0) is 9.97. The Morgan fingerprint density at radius 1 is 1.47 bits per heavy atom. The molecule has 0 bridgehead atoms. The molecule has 0 aliphatic carbocycles. The Labute approximate surface area is 99.2 Å². The van der Waals surface area contributed by atoms with Gasteiger partial charge >= 0.3 is 0 Å². The van der Waals surface area contributed by atoms with Crippen molar-refractivity contribution in [1.29, 1.82) is 0 Å². The van der Waals surface area contributed by atoms with Crippen molar-refractivity contribution in [2.24, 2.45) is 0 Å². The molecule has 1 aliphatic rings. The first-order valence-corrected chi connectivity index (χ1v) is 4.96. The highest BCUT2D eigenvalue weighted by Crippen LogP contribution is 2.22. The largest absolute Gasteiger partial charge is 0.489 e. The molecule has 0 spiro atoms. The van der Waals surface area contributed by atoms with Crippen LogP contribution in [0.4, 0.5) is 4.39 Å². The highest BCUT2D eigenvalue weighted by atomic mass is 35.5. The van der Waals surface area contributed by atoms with Gasteiger partial charge in [-0.15, -0.1) is 12.4 Å². The summed E-state index contributed by atoms with van der Waals surface area (Å²) in [6, 6.07) is 4.43. The number of hydrogen-bond acceptors (Lipinski definition) is 2. The molecule has 0 radical (unpaired) electrons. The number of halogens is 3. The van der Waals surface area contributed by atoms with E-state index in [0.29, 0.717) is 5.75 Å². The third kappa shape index (κ3) is 3.23. The molecule has 1 aliphatic heterocycles. The quantitative estimate of drug-likeness (QED) is 0.873. The molecular formula is C10H12Cl2FNO. The van der Waals surface area contributed by atoms with Gasteiger partial charge in [-0.2, -0.15) is 0 Å². The molecule has 84 valence electrons. The highest BCUT2D eigenvalue weighted by Gasteiger charge is 2.16. The van der Waals surface area contributed by atoms with Crippen LogP contribution < -0.4 is 10.1 Å². The molecule has 1 aromatic rings. The molecule has 0 aromatic heterocycles. The maximum atomic E-state index is 12.8. The second-order valence-electron chi connectivity index (χ2n) is 3.31. The number of benzene rings is 1. The van der Waals surface area contributed by atoms with Crippen LogP contribution >= 0.6 is 24.0 Å². The van der Waals surface area contributed by atoms with E-state index in [1.165, 1.54) is 12.1 Å². The molecule has 15 heavy (non-hydrogen) atoms. The lowest BCUT2D eigenvalue weighted by Gasteiger charge is -2.12. The van der Waals surface area contributed by atoms with E-state index in [1.54, 1.807) is 6.07 Å². The minimum absolute atomic E-state index is 0. The normalized spacial score (nSPS) is 19.7. The number of ether oxygens (including phenoxy) is 1. The molecule has 1 N–H and O–H groups in total. The van der Waals surface area contributed by atoms with Crippen molar-refractivity contribution in [1.82, 2.24) is 5.32 Å². The third-order valence-electron chi connectivity index (χ3n) is 2.21. The van der Waals surface area contributed by atoms with E-state index in [-0.39, 0.29) is 23.5 Å². The standard InChI is InChI=1S/C10H11ClFNO.ClH/c11-9-5-7(1-2-10(9)12)14-8-3-4-13-6-8;/h1-2,5,8,13H,3-4,6H2;1H. The molecule has 5 heteroatoms. The molecule has 1 aromatic carbocycles. The Morgan fingerprint density at radius 2 is 2.27 bits per heavy atom. The Morgan fingerprint density at radius 3 is 2.87 bits per heavy atom. The van der Waals surface area contributed by atoms with Crippen LogP contribution in [-0.2, 0) is 0 Å². The van der Waals surface area contributed by atoms with Gasteiger partial charge in [0.1, 0.15) is 17.7 Å². The van der Waals surface area contributed by atoms with Gasteiger partial charge in [-0.05, 0) is 25.1 Å². The summed E-state index contributed by atoms with van der Waals surface area (Å²) in [6.07, 6.45) is 1.16. The summed E-state index contributed by atoms with van der Waals surface area (Å²) < 4.78 is 18.4. The molecule has 2 rings (SSSR count). The Hall–Kier alpha value is -0.510. The molecular weight excluding hydrogens is 240 g/mol. The molecule has 1 heterocycles. The van der Waals surface area contributed by atoms with Crippen LogP contribution in [0, 0.1) is 5.82 Å². The van der Waals surface area contributed by atoms with E-state index in [0.717, 1.165) is 19.5 Å². The summed E-state index contributed by atoms with van der Waals surface area (Å²) in [7, 11) is 0. The van der Waals surface area contributed by atoms with E-state index in [1.807, 2.05) is 0 Å². The Kier molecular flexibility index (Phi) is 4.64. The van der Waals surface area contributed by atoms with Gasteiger partial charge in [0.25, 0.3) is 0 Å². The lowest BCUT2D eigenvalue weighted by atomic mass is 10.3. The summed E-state index contributed by atoms with van der Waals surface area (Å²) >= 11 is 5.63. The van der Waals surface area contributed by atoms with Crippen molar-refractivity contribution in [3.63, 3.8) is 0 Å². The van der Waals surface area contributed by atoms with Crippen molar-refractivity contribution in [2.75, 3.05) is 13.1 Å². The van der Waals surface area contributed by atoms with E-state index < -0.39 is 5.82 Å². The second kappa shape index (κ2) is 5.54. The van der Waals surface area contributed by atoms with E-state index in [2.05, 4.69) is 5.32 Å². The molecule has 0 amide bonds. The lowest BCUT2D eigenvalue weighted by Crippen LogP contribution is -2.19. The first-order valence-electron chi connectivity index (χ1n) is 4.58. The molecule has 1 fully saturated rings. The second-order valence-corrected chi connectivity index (χ2v) is 3.72. The topological polar surface area (TPSA) is 21.3 Å². The van der Waals surface area contributed by atoms with Crippen LogP contribution in [0.2, 0.25) is 5.02 Å². The van der Waals surface area contributed by atoms with E-state index >= 15 is 0 Å². The third-order valence-corrected chi connectivity index (χ3v) is 2.50. The minimum Gasteiger partial charge on any atom is -0.489 e. The average Bonchev–Trinajstić information content (AvgIpc) is 2.64. The first-order chi connectivity index (χ1) is 6.75. The van der Waals surface area contributed by atoms with Crippen LogP contribution in [0.3, 0.4) is 0 Å². The summed E-state index contributed by atoms with van der Waals surface area (Å²) in [4.78, 5) is 0. The van der Waals surface area contributed by atoms with Gasteiger partial charge in [0.05, 0.1) is 5.02 Å². The molecule has 2 nitrogen and oxygen atoms in total. The summed E-state index contributed by atoms with van der Waals surface area (Å²) in [5, 5.41) is 3.29. The van der Waals surface area contributed by atoms with Gasteiger partial charge in [0.15, 0.2) is 0 Å². The molecule has 0 saturated carbocycles. The number of rotatable bonds is 2. The van der Waals surface area contributed by atoms with Crippen LogP contribution in [0.25, 0.3) is 0 Å². The zero-order valence-electron chi connectivity index (χ0n) is 8.00. The number of hydrogen-bond donors (Lipinski definition) is 1. The zero-order valence-corrected chi connectivity index (χ0v) is 9.58. The van der Waals surface area contributed by atoms with Gasteiger partial charge in [-0.1, -0.05) is 11.6 Å². The average molecular weight is 252 g/mol. The van der Waals surface area contributed by atoms with Crippen molar-refractivity contribution < 1.29 is 9.13 Å². The predicted octanol–water partition coefficient (Wildman–Crippen LogP) is 2.64. The van der Waals surface area contributed by atoms with Gasteiger partial charge in [0.2, 0.25) is 0 Å². The SMILES string of the molecule is Cl.Fc1ccc(OC2CCNC2)cc1Cl. The van der Waals surface area contributed by atoms with Crippen LogP contribution in [0.5, 0.6) is 5.75 Å². The Balaban J connectivity index is 0.00000112. The van der Waals surface area contributed by atoms with Crippen LogP contribution in [0.1, 0.15) is 6.42 Å². The lowest BCUT2D eigenvalue weighted by molar-refractivity contribution is 0.223. The van der Waals surface area contributed by atoms with Crippen molar-refractivity contribution in [3.05, 3.63) is 29.0 Å². The summed E-state index contributed by atoms with van der Waals surface area (Å²) in [5.41, 5.74) is 0. The monoisotopic (exact) mass is 251 g/mol. The van der Waals surface area contributed by atoms with Crippen molar-refractivity contribution in [3.8, 4) is 5.75 Å².